The average molecular weight is 397 g/mol. The van der Waals surface area contributed by atoms with Gasteiger partial charge in [0.05, 0.1) is 17.1 Å². The molecular weight excluding hydrogens is 372 g/mol. The van der Waals surface area contributed by atoms with Gasteiger partial charge >= 0.3 is 0 Å². The number of para-hydroxylation sites is 2. The molecule has 0 saturated heterocycles. The van der Waals surface area contributed by atoms with Crippen LogP contribution < -0.4 is 10.1 Å². The Labute approximate surface area is 170 Å². The second-order valence-corrected chi connectivity index (χ2v) is 7.91. The number of fused-ring (bicyclic) bond motifs is 3. The van der Waals surface area contributed by atoms with Crippen molar-refractivity contribution in [3.8, 4) is 5.75 Å². The molecule has 0 aliphatic carbocycles. The van der Waals surface area contributed by atoms with Gasteiger partial charge in [-0.15, -0.1) is 0 Å². The van der Waals surface area contributed by atoms with Crippen LogP contribution in [0.4, 0.5) is 0 Å². The van der Waals surface area contributed by atoms with Crippen molar-refractivity contribution in [2.24, 2.45) is 0 Å². The molecule has 2 aliphatic rings. The van der Waals surface area contributed by atoms with Crippen LogP contribution in [0.1, 0.15) is 29.5 Å². The van der Waals surface area contributed by atoms with Crippen LogP contribution in [-0.2, 0) is 24.0 Å². The van der Waals surface area contributed by atoms with Gasteiger partial charge in [-0.2, -0.15) is 0 Å². The van der Waals surface area contributed by atoms with Crippen LogP contribution in [0.5, 0.6) is 5.75 Å². The molecule has 1 N–H and O–H groups in total. The first-order valence-corrected chi connectivity index (χ1v) is 10.5. The fourth-order valence-corrected chi connectivity index (χ4v) is 4.82. The normalized spacial score (nSPS) is 18.7. The molecule has 0 fully saturated rings. The second-order valence-electron chi connectivity index (χ2n) is 7.50. The summed E-state index contributed by atoms with van der Waals surface area (Å²) in [5.74, 6) is 0.713. The van der Waals surface area contributed by atoms with Gasteiger partial charge in [-0.25, -0.2) is 0 Å². The quantitative estimate of drug-likeness (QED) is 0.644. The molecule has 1 aromatic heterocycles. The van der Waals surface area contributed by atoms with Crippen LogP contribution in [0.25, 0.3) is 10.9 Å². The second kappa shape index (κ2) is 7.78. The Kier molecular flexibility index (Phi) is 5.02. The summed E-state index contributed by atoms with van der Waals surface area (Å²) >= 11 is 6.17. The van der Waals surface area contributed by atoms with Gasteiger partial charge in [-0.05, 0) is 49.1 Å². The summed E-state index contributed by atoms with van der Waals surface area (Å²) in [7, 11) is 0. The van der Waals surface area contributed by atoms with Gasteiger partial charge in [-0.1, -0.05) is 41.9 Å². The van der Waals surface area contributed by atoms with E-state index in [9.17, 15) is 0 Å². The van der Waals surface area contributed by atoms with Crippen LogP contribution in [-0.4, -0.2) is 30.9 Å². The standard InChI is InChI=1S/C23H25ClN2O2/c24-19-6-1-2-7-21(19)27-14-15-28-22-9-8-16-4-3-5-18-17-10-12-25-13-11-20(17)26(22)23(16)18/h1-7,22,25H,8-15H2. The first-order valence-electron chi connectivity index (χ1n) is 10.2. The fourth-order valence-electron chi connectivity index (χ4n) is 4.63. The van der Waals surface area contributed by atoms with Gasteiger partial charge in [0.2, 0.25) is 0 Å². The molecule has 5 rings (SSSR count). The Bertz CT molecular complexity index is 998. The van der Waals surface area contributed by atoms with Crippen molar-refractivity contribution >= 4 is 22.5 Å². The Hall–Kier alpha value is -2.01. The molecule has 146 valence electrons. The first-order chi connectivity index (χ1) is 13.8. The molecule has 0 spiro atoms. The maximum absolute atomic E-state index is 6.33. The number of hydrogen-bond donors (Lipinski definition) is 1. The molecule has 3 heterocycles. The maximum atomic E-state index is 6.33. The van der Waals surface area contributed by atoms with Crippen molar-refractivity contribution in [3.63, 3.8) is 0 Å². The van der Waals surface area contributed by atoms with Crippen molar-refractivity contribution in [1.82, 2.24) is 9.88 Å². The van der Waals surface area contributed by atoms with Crippen molar-refractivity contribution in [2.45, 2.75) is 31.9 Å². The molecule has 4 nitrogen and oxygen atoms in total. The van der Waals surface area contributed by atoms with Gasteiger partial charge < -0.3 is 19.4 Å². The summed E-state index contributed by atoms with van der Waals surface area (Å²) in [6.45, 7) is 3.12. The lowest BCUT2D eigenvalue weighted by Crippen LogP contribution is -2.24. The van der Waals surface area contributed by atoms with Crippen LogP contribution in [0.15, 0.2) is 42.5 Å². The largest absolute Gasteiger partial charge is 0.490 e. The topological polar surface area (TPSA) is 35.4 Å². The predicted molar refractivity (Wildman–Crippen MR) is 112 cm³/mol. The summed E-state index contributed by atoms with van der Waals surface area (Å²) in [5.41, 5.74) is 5.79. The highest BCUT2D eigenvalue weighted by Gasteiger charge is 2.28. The Morgan fingerprint density at radius 3 is 2.82 bits per heavy atom. The number of ether oxygens (including phenoxy) is 2. The zero-order valence-corrected chi connectivity index (χ0v) is 16.7. The summed E-state index contributed by atoms with van der Waals surface area (Å²) in [4.78, 5) is 0. The van der Waals surface area contributed by atoms with Gasteiger partial charge in [-0.3, -0.25) is 0 Å². The fraction of sp³-hybridized carbons (Fsp3) is 0.391. The van der Waals surface area contributed by atoms with Crippen molar-refractivity contribution in [3.05, 3.63) is 64.3 Å². The SMILES string of the molecule is Clc1ccccc1OCCOC1CCc2cccc3c4c(n1c23)CCNCC4. The third kappa shape index (κ3) is 3.20. The molecule has 2 aliphatic heterocycles. The van der Waals surface area contributed by atoms with E-state index >= 15 is 0 Å². The summed E-state index contributed by atoms with van der Waals surface area (Å²) in [6.07, 6.45) is 4.29. The molecule has 1 unspecified atom stereocenters. The minimum atomic E-state index is 0.0779. The number of aromatic nitrogens is 1. The van der Waals surface area contributed by atoms with Crippen LogP contribution in [0, 0.1) is 0 Å². The summed E-state index contributed by atoms with van der Waals surface area (Å²) < 4.78 is 14.6. The minimum absolute atomic E-state index is 0.0779. The smallest absolute Gasteiger partial charge is 0.138 e. The van der Waals surface area contributed by atoms with Crippen molar-refractivity contribution < 1.29 is 9.47 Å². The van der Waals surface area contributed by atoms with Crippen molar-refractivity contribution in [2.75, 3.05) is 26.3 Å². The lowest BCUT2D eigenvalue weighted by molar-refractivity contribution is -0.0174. The van der Waals surface area contributed by atoms with Crippen LogP contribution >= 0.6 is 11.6 Å². The molecule has 0 saturated carbocycles. The van der Waals surface area contributed by atoms with Gasteiger partial charge in [0.1, 0.15) is 18.6 Å². The molecule has 2 aromatic carbocycles. The number of hydrogen-bond acceptors (Lipinski definition) is 3. The zero-order chi connectivity index (χ0) is 18.9. The zero-order valence-electron chi connectivity index (χ0n) is 15.9. The minimum Gasteiger partial charge on any atom is -0.490 e. The molecule has 0 amide bonds. The predicted octanol–water partition coefficient (Wildman–Crippen LogP) is 4.52. The molecule has 28 heavy (non-hydrogen) atoms. The third-order valence-corrected chi connectivity index (χ3v) is 6.16. The number of nitrogens with zero attached hydrogens (tertiary/aromatic N) is 1. The van der Waals surface area contributed by atoms with Gasteiger partial charge in [0, 0.05) is 24.0 Å². The Morgan fingerprint density at radius 2 is 1.89 bits per heavy atom. The van der Waals surface area contributed by atoms with E-state index in [0.29, 0.717) is 24.0 Å². The molecule has 0 bridgehead atoms. The number of halogens is 1. The molecule has 0 radical (unpaired) electrons. The van der Waals surface area contributed by atoms with E-state index in [1.54, 1.807) is 0 Å². The van der Waals surface area contributed by atoms with E-state index < -0.39 is 0 Å². The summed E-state index contributed by atoms with van der Waals surface area (Å²) in [5, 5.41) is 5.58. The van der Waals surface area contributed by atoms with E-state index in [0.717, 1.165) is 38.8 Å². The van der Waals surface area contributed by atoms with E-state index in [4.69, 9.17) is 21.1 Å². The number of aryl methyl sites for hydroxylation is 1. The lowest BCUT2D eigenvalue weighted by Gasteiger charge is -2.28. The van der Waals surface area contributed by atoms with E-state index in [1.807, 2.05) is 24.3 Å². The van der Waals surface area contributed by atoms with Gasteiger partial charge in [0.15, 0.2) is 0 Å². The Morgan fingerprint density at radius 1 is 1.00 bits per heavy atom. The van der Waals surface area contributed by atoms with Gasteiger partial charge in [0.25, 0.3) is 0 Å². The highest BCUT2D eigenvalue weighted by Crippen LogP contribution is 2.38. The Balaban J connectivity index is 1.37. The molecule has 3 aromatic rings. The molecule has 1 atom stereocenters. The molecular formula is C23H25ClN2O2. The van der Waals surface area contributed by atoms with Crippen molar-refractivity contribution in [1.29, 1.82) is 0 Å². The number of rotatable bonds is 5. The number of nitrogens with one attached hydrogen (secondary N) is 1. The van der Waals surface area contributed by atoms with E-state index in [2.05, 4.69) is 28.1 Å². The maximum Gasteiger partial charge on any atom is 0.138 e. The first kappa shape index (κ1) is 18.0. The molecule has 5 heteroatoms. The van der Waals surface area contributed by atoms with Crippen LogP contribution in [0.3, 0.4) is 0 Å². The monoisotopic (exact) mass is 396 g/mol. The number of benzene rings is 2. The third-order valence-electron chi connectivity index (χ3n) is 5.85. The van der Waals surface area contributed by atoms with Crippen LogP contribution in [0.2, 0.25) is 5.02 Å². The van der Waals surface area contributed by atoms with E-state index in [1.165, 1.54) is 27.7 Å². The lowest BCUT2D eigenvalue weighted by atomic mass is 10.0. The highest BCUT2D eigenvalue weighted by molar-refractivity contribution is 6.32. The summed E-state index contributed by atoms with van der Waals surface area (Å²) in [6, 6.07) is 14.3. The average Bonchev–Trinajstić information content (AvgIpc) is 2.88. The highest BCUT2D eigenvalue weighted by atomic mass is 35.5. The van der Waals surface area contributed by atoms with E-state index in [-0.39, 0.29) is 6.23 Å².